The van der Waals surface area contributed by atoms with E-state index in [1.807, 2.05) is 49.8 Å². The van der Waals surface area contributed by atoms with Crippen molar-refractivity contribution in [2.24, 2.45) is 17.8 Å². The Balaban J connectivity index is 1.11. The summed E-state index contributed by atoms with van der Waals surface area (Å²) in [7, 11) is 3.32. The third-order valence-electron chi connectivity index (χ3n) is 10.9. The van der Waals surface area contributed by atoms with Gasteiger partial charge in [0.2, 0.25) is 0 Å². The summed E-state index contributed by atoms with van der Waals surface area (Å²) in [5.41, 5.74) is 5.49. The Bertz CT molecular complexity index is 1620. The second-order valence-corrected chi connectivity index (χ2v) is 15.1. The molecule has 0 N–H and O–H groups in total. The van der Waals surface area contributed by atoms with E-state index in [0.29, 0.717) is 29.9 Å². The molecule has 0 bridgehead atoms. The summed E-state index contributed by atoms with van der Waals surface area (Å²) in [5, 5.41) is 1.64. The Morgan fingerprint density at radius 3 is 2.74 bits per heavy atom. The number of thioether (sulfide) groups is 1. The Kier molecular flexibility index (Phi) is 9.81. The smallest absolute Gasteiger partial charge is 0.337 e. The molecule has 3 aliphatic carbocycles. The normalized spacial score (nSPS) is 25.8. The molecule has 1 aliphatic heterocycles. The number of carbonyl (C=O) groups is 1. The standard InChI is InChI=1S/C38H44ClN3O4S/c1-44-35(26-8-6-25(7-9-26)22-47-37-40-17-4-18-41-37)31-13-10-29(31)21-42-23-38(16-3-5-27-19-30(39)12-14-32(27)38)24-46-34-15-11-28(20-33(34)42)36(43)45-2/h4,8,11-12,14-15,17-20,25,29,31,35H,3,5-7,9-10,13,16,21-24H2,1-2H3/t25-,29-,31+,35-,38-/m0/s1. The lowest BCUT2D eigenvalue weighted by atomic mass is 9.66. The van der Waals surface area contributed by atoms with Crippen LogP contribution in [0.3, 0.4) is 0 Å². The molecule has 0 radical (unpaired) electrons. The fourth-order valence-corrected chi connectivity index (χ4v) is 9.49. The number of carbonyl (C=O) groups excluding carboxylic acids is 1. The highest BCUT2D eigenvalue weighted by molar-refractivity contribution is 7.99. The number of aryl methyl sites for hydroxylation is 1. The van der Waals surface area contributed by atoms with Crippen LogP contribution in [0.4, 0.5) is 5.69 Å². The van der Waals surface area contributed by atoms with Crippen LogP contribution >= 0.6 is 23.4 Å². The van der Waals surface area contributed by atoms with Crippen LogP contribution in [0.2, 0.25) is 5.02 Å². The summed E-state index contributed by atoms with van der Waals surface area (Å²) in [6.45, 7) is 2.31. The number of anilines is 1. The predicted octanol–water partition coefficient (Wildman–Crippen LogP) is 7.95. The van der Waals surface area contributed by atoms with E-state index >= 15 is 0 Å². The average molecular weight is 674 g/mol. The van der Waals surface area contributed by atoms with Gasteiger partial charge in [-0.05, 0) is 122 Å². The fraction of sp³-hybridized carbons (Fsp3) is 0.500. The molecular weight excluding hydrogens is 630 g/mol. The summed E-state index contributed by atoms with van der Waals surface area (Å²) in [6.07, 6.45) is 15.0. The zero-order chi connectivity index (χ0) is 32.4. The van der Waals surface area contributed by atoms with E-state index in [1.165, 1.54) is 30.2 Å². The van der Waals surface area contributed by atoms with E-state index in [2.05, 4.69) is 33.1 Å². The summed E-state index contributed by atoms with van der Waals surface area (Å²) in [5.74, 6) is 3.10. The van der Waals surface area contributed by atoms with Crippen molar-refractivity contribution in [2.75, 3.05) is 44.6 Å². The van der Waals surface area contributed by atoms with Gasteiger partial charge in [-0.2, -0.15) is 0 Å². The van der Waals surface area contributed by atoms with Crippen molar-refractivity contribution in [3.63, 3.8) is 0 Å². The van der Waals surface area contributed by atoms with Crippen molar-refractivity contribution < 1.29 is 19.0 Å². The molecule has 1 saturated carbocycles. The molecule has 3 aromatic rings. The number of hydrogen-bond donors (Lipinski definition) is 0. The summed E-state index contributed by atoms with van der Waals surface area (Å²) in [6, 6.07) is 14.0. The Morgan fingerprint density at radius 2 is 2.00 bits per heavy atom. The minimum Gasteiger partial charge on any atom is -0.490 e. The van der Waals surface area contributed by atoms with Crippen LogP contribution in [0.15, 0.2) is 71.7 Å². The molecule has 9 heteroatoms. The third-order valence-corrected chi connectivity index (χ3v) is 12.3. The van der Waals surface area contributed by atoms with Crippen molar-refractivity contribution in [3.05, 3.63) is 88.2 Å². The molecule has 0 saturated heterocycles. The molecular formula is C38H44ClN3O4S. The number of methoxy groups -OCH3 is 2. The minimum atomic E-state index is -0.331. The van der Waals surface area contributed by atoms with Gasteiger partial charge in [0.1, 0.15) is 5.75 Å². The zero-order valence-corrected chi connectivity index (χ0v) is 28.9. The van der Waals surface area contributed by atoms with E-state index in [4.69, 9.17) is 25.8 Å². The molecule has 7 rings (SSSR count). The predicted molar refractivity (Wildman–Crippen MR) is 187 cm³/mol. The number of esters is 1. The molecule has 2 heterocycles. The molecule has 1 aromatic heterocycles. The number of aromatic nitrogens is 2. The molecule has 0 amide bonds. The van der Waals surface area contributed by atoms with Gasteiger partial charge in [-0.3, -0.25) is 0 Å². The number of nitrogens with zero attached hydrogens (tertiary/aromatic N) is 3. The maximum atomic E-state index is 12.6. The lowest BCUT2D eigenvalue weighted by Gasteiger charge is -2.47. The van der Waals surface area contributed by atoms with Crippen molar-refractivity contribution >= 4 is 35.0 Å². The third kappa shape index (κ3) is 6.79. The van der Waals surface area contributed by atoms with Crippen LogP contribution in [0, 0.1) is 17.8 Å². The van der Waals surface area contributed by atoms with Crippen molar-refractivity contribution in [3.8, 4) is 5.75 Å². The van der Waals surface area contributed by atoms with Gasteiger partial charge in [0.25, 0.3) is 0 Å². The van der Waals surface area contributed by atoms with E-state index < -0.39 is 0 Å². The quantitative estimate of drug-likeness (QED) is 0.0981. The van der Waals surface area contributed by atoms with Crippen molar-refractivity contribution in [1.29, 1.82) is 0 Å². The number of allylic oxidation sites excluding steroid dienone is 1. The maximum Gasteiger partial charge on any atom is 0.337 e. The monoisotopic (exact) mass is 673 g/mol. The topological polar surface area (TPSA) is 73.8 Å². The van der Waals surface area contributed by atoms with Gasteiger partial charge in [-0.15, -0.1) is 0 Å². The Hall–Kier alpha value is -3.07. The number of ether oxygens (including phenoxy) is 3. The molecule has 2 aromatic carbocycles. The average Bonchev–Trinajstić information content (AvgIpc) is 3.25. The highest BCUT2D eigenvalue weighted by atomic mass is 35.5. The van der Waals surface area contributed by atoms with Gasteiger partial charge in [0, 0.05) is 48.8 Å². The highest BCUT2D eigenvalue weighted by Gasteiger charge is 2.45. The number of rotatable bonds is 9. The lowest BCUT2D eigenvalue weighted by molar-refractivity contribution is 0.00323. The van der Waals surface area contributed by atoms with Gasteiger partial charge in [-0.1, -0.05) is 35.5 Å². The van der Waals surface area contributed by atoms with Crippen LogP contribution < -0.4 is 9.64 Å². The van der Waals surface area contributed by atoms with Gasteiger partial charge in [0.05, 0.1) is 31.1 Å². The number of benzene rings is 2. The molecule has 1 fully saturated rings. The van der Waals surface area contributed by atoms with E-state index in [0.717, 1.165) is 85.4 Å². The summed E-state index contributed by atoms with van der Waals surface area (Å²) >= 11 is 8.21. The second-order valence-electron chi connectivity index (χ2n) is 13.7. The largest absolute Gasteiger partial charge is 0.490 e. The first-order chi connectivity index (χ1) is 23.0. The number of fused-ring (bicyclic) bond motifs is 3. The Morgan fingerprint density at radius 1 is 1.13 bits per heavy atom. The van der Waals surface area contributed by atoms with Crippen molar-refractivity contribution in [2.45, 2.75) is 68.0 Å². The lowest BCUT2D eigenvalue weighted by Crippen LogP contribution is -2.50. The van der Waals surface area contributed by atoms with Gasteiger partial charge < -0.3 is 19.1 Å². The fourth-order valence-electron chi connectivity index (χ4n) is 8.33. The first-order valence-electron chi connectivity index (χ1n) is 17.0. The van der Waals surface area contributed by atoms with E-state index in [-0.39, 0.29) is 17.5 Å². The number of halogens is 1. The minimum absolute atomic E-state index is 0.135. The van der Waals surface area contributed by atoms with E-state index in [1.54, 1.807) is 11.8 Å². The van der Waals surface area contributed by atoms with Crippen LogP contribution in [0.25, 0.3) is 0 Å². The second kappa shape index (κ2) is 14.2. The SMILES string of the molecule is COC(=O)c1ccc2c(c1)N(C[C@@H]1CC[C@H]1[C@@H](OC)C1=CC[C@H](CSc3ncccn3)CC1)C[C@@]1(CCCc3cc(Cl)ccc31)CO2. The van der Waals surface area contributed by atoms with Gasteiger partial charge in [-0.25, -0.2) is 14.8 Å². The highest BCUT2D eigenvalue weighted by Crippen LogP contribution is 2.48. The number of hydrogen-bond acceptors (Lipinski definition) is 8. The molecule has 47 heavy (non-hydrogen) atoms. The van der Waals surface area contributed by atoms with Crippen LogP contribution in [0.1, 0.15) is 66.4 Å². The molecule has 4 aliphatic rings. The molecule has 7 nitrogen and oxygen atoms in total. The molecule has 1 spiro atoms. The molecule has 0 unspecified atom stereocenters. The van der Waals surface area contributed by atoms with Crippen LogP contribution in [0.5, 0.6) is 5.75 Å². The Labute approximate surface area is 287 Å². The van der Waals surface area contributed by atoms with Crippen LogP contribution in [-0.2, 0) is 21.3 Å². The van der Waals surface area contributed by atoms with Gasteiger partial charge in [0.15, 0.2) is 5.16 Å². The summed E-state index contributed by atoms with van der Waals surface area (Å²) < 4.78 is 18.0. The van der Waals surface area contributed by atoms with Crippen LogP contribution in [-0.4, -0.2) is 61.7 Å². The molecule has 5 atom stereocenters. The molecule has 248 valence electrons. The maximum absolute atomic E-state index is 12.6. The van der Waals surface area contributed by atoms with Crippen molar-refractivity contribution in [1.82, 2.24) is 9.97 Å². The van der Waals surface area contributed by atoms with Gasteiger partial charge >= 0.3 is 5.97 Å². The first kappa shape index (κ1) is 32.5. The first-order valence-corrected chi connectivity index (χ1v) is 18.3. The van der Waals surface area contributed by atoms with E-state index in [9.17, 15) is 4.79 Å². The zero-order valence-electron chi connectivity index (χ0n) is 27.3. The summed E-state index contributed by atoms with van der Waals surface area (Å²) in [4.78, 5) is 23.9.